The Kier molecular flexibility index (Phi) is 6.19. The molecule has 8 heteroatoms. The maximum atomic E-state index is 12.3. The topological polar surface area (TPSA) is 87.7 Å². The van der Waals surface area contributed by atoms with Crippen molar-refractivity contribution >= 4 is 18.3 Å². The first-order valence-electron chi connectivity index (χ1n) is 8.87. The van der Waals surface area contributed by atoms with E-state index in [2.05, 4.69) is 15.3 Å². The fraction of sp³-hybridized carbons (Fsp3) is 0.368. The fourth-order valence-electron chi connectivity index (χ4n) is 2.88. The Bertz CT molecular complexity index is 773. The number of carbonyl (C=O) groups excluding carboxylic acids is 2. The van der Waals surface area contributed by atoms with Crippen molar-refractivity contribution < 1.29 is 14.3 Å². The van der Waals surface area contributed by atoms with Gasteiger partial charge in [0.15, 0.2) is 0 Å². The van der Waals surface area contributed by atoms with Crippen LogP contribution in [0.5, 0.6) is 5.75 Å². The number of amides is 2. The van der Waals surface area contributed by atoms with Gasteiger partial charge in [-0.3, -0.25) is 9.59 Å². The van der Waals surface area contributed by atoms with Gasteiger partial charge >= 0.3 is 0 Å². The van der Waals surface area contributed by atoms with Crippen molar-refractivity contribution in [1.82, 2.24) is 20.2 Å². The lowest BCUT2D eigenvalue weighted by Crippen LogP contribution is -2.46. The molecular weight excluding hydrogens is 346 g/mol. The number of anilines is 1. The normalized spacial score (nSPS) is 14.0. The SMILES string of the molecule is COc1cccc(CCNC(=O)c2cnc(N3CCN(C=O)CC3)nc2)c1. The number of carbonyl (C=O) groups is 2. The zero-order valence-electron chi connectivity index (χ0n) is 15.3. The molecule has 8 nitrogen and oxygen atoms in total. The van der Waals surface area contributed by atoms with Crippen LogP contribution in [0.1, 0.15) is 15.9 Å². The molecule has 0 saturated carbocycles. The van der Waals surface area contributed by atoms with E-state index < -0.39 is 0 Å². The third-order valence-electron chi connectivity index (χ3n) is 4.48. The van der Waals surface area contributed by atoms with Gasteiger partial charge in [-0.1, -0.05) is 12.1 Å². The van der Waals surface area contributed by atoms with Gasteiger partial charge in [-0.05, 0) is 24.1 Å². The molecule has 0 spiro atoms. The summed E-state index contributed by atoms with van der Waals surface area (Å²) in [5.74, 6) is 1.18. The molecule has 27 heavy (non-hydrogen) atoms. The molecule has 0 aliphatic carbocycles. The van der Waals surface area contributed by atoms with Gasteiger partial charge in [0.1, 0.15) is 5.75 Å². The number of hydrogen-bond donors (Lipinski definition) is 1. The van der Waals surface area contributed by atoms with Crippen molar-refractivity contribution in [2.24, 2.45) is 0 Å². The van der Waals surface area contributed by atoms with E-state index in [1.54, 1.807) is 12.0 Å². The molecule has 2 aromatic rings. The van der Waals surface area contributed by atoms with E-state index in [4.69, 9.17) is 4.74 Å². The average Bonchev–Trinajstić information content (AvgIpc) is 2.74. The Hall–Kier alpha value is -3.16. The van der Waals surface area contributed by atoms with Crippen molar-refractivity contribution in [2.75, 3.05) is 44.7 Å². The first kappa shape index (κ1) is 18.6. The van der Waals surface area contributed by atoms with Crippen LogP contribution >= 0.6 is 0 Å². The molecule has 1 aromatic heterocycles. The molecule has 142 valence electrons. The van der Waals surface area contributed by atoms with Gasteiger partial charge in [0.2, 0.25) is 12.4 Å². The average molecular weight is 369 g/mol. The van der Waals surface area contributed by atoms with Gasteiger partial charge in [-0.2, -0.15) is 0 Å². The minimum absolute atomic E-state index is 0.199. The number of nitrogens with zero attached hydrogens (tertiary/aromatic N) is 4. The van der Waals surface area contributed by atoms with Gasteiger partial charge in [-0.15, -0.1) is 0 Å². The summed E-state index contributed by atoms with van der Waals surface area (Å²) in [5.41, 5.74) is 1.52. The first-order valence-corrected chi connectivity index (χ1v) is 8.87. The summed E-state index contributed by atoms with van der Waals surface area (Å²) in [6.07, 6.45) is 4.64. The van der Waals surface area contributed by atoms with Crippen LogP contribution in [-0.4, -0.2) is 67.0 Å². The van der Waals surface area contributed by atoms with Crippen molar-refractivity contribution in [1.29, 1.82) is 0 Å². The van der Waals surface area contributed by atoms with Crippen molar-refractivity contribution in [3.8, 4) is 5.75 Å². The van der Waals surface area contributed by atoms with E-state index >= 15 is 0 Å². The third kappa shape index (κ3) is 4.93. The highest BCUT2D eigenvalue weighted by molar-refractivity contribution is 5.93. The van der Waals surface area contributed by atoms with Crippen LogP contribution in [-0.2, 0) is 11.2 Å². The van der Waals surface area contributed by atoms with Crippen LogP contribution in [0.2, 0.25) is 0 Å². The Morgan fingerprint density at radius 1 is 1.22 bits per heavy atom. The summed E-state index contributed by atoms with van der Waals surface area (Å²) >= 11 is 0. The summed E-state index contributed by atoms with van der Waals surface area (Å²) in [6.45, 7) is 3.19. The fourth-order valence-corrected chi connectivity index (χ4v) is 2.88. The summed E-state index contributed by atoms with van der Waals surface area (Å²) in [4.78, 5) is 35.3. The molecule has 0 atom stereocenters. The van der Waals surface area contributed by atoms with Crippen molar-refractivity contribution in [2.45, 2.75) is 6.42 Å². The van der Waals surface area contributed by atoms with Crippen LogP contribution < -0.4 is 15.0 Å². The molecule has 1 fully saturated rings. The van der Waals surface area contributed by atoms with Gasteiger partial charge < -0.3 is 19.9 Å². The number of ether oxygens (including phenoxy) is 1. The van der Waals surface area contributed by atoms with E-state index in [-0.39, 0.29) is 5.91 Å². The van der Waals surface area contributed by atoms with Crippen LogP contribution in [0.4, 0.5) is 5.95 Å². The molecular formula is C19H23N5O3. The molecule has 0 radical (unpaired) electrons. The molecule has 1 saturated heterocycles. The minimum Gasteiger partial charge on any atom is -0.497 e. The van der Waals surface area contributed by atoms with E-state index in [0.717, 1.165) is 17.7 Å². The zero-order chi connectivity index (χ0) is 19.1. The minimum atomic E-state index is -0.199. The monoisotopic (exact) mass is 369 g/mol. The molecule has 1 aliphatic rings. The maximum absolute atomic E-state index is 12.3. The molecule has 0 unspecified atom stereocenters. The molecule has 0 bridgehead atoms. The van der Waals surface area contributed by atoms with Gasteiger partial charge in [0.25, 0.3) is 5.91 Å². The highest BCUT2D eigenvalue weighted by atomic mass is 16.5. The maximum Gasteiger partial charge on any atom is 0.254 e. The van der Waals surface area contributed by atoms with Gasteiger partial charge in [0, 0.05) is 45.1 Å². The number of rotatable bonds is 7. The van der Waals surface area contributed by atoms with E-state index in [1.807, 2.05) is 29.2 Å². The number of benzene rings is 1. The standard InChI is InChI=1S/C19H23N5O3/c1-27-17-4-2-3-15(11-17)5-6-20-18(26)16-12-21-19(22-13-16)24-9-7-23(14-25)8-10-24/h2-4,11-14H,5-10H2,1H3,(H,20,26). The van der Waals surface area contributed by atoms with E-state index in [0.29, 0.717) is 50.7 Å². The second kappa shape index (κ2) is 8.98. The predicted octanol–water partition coefficient (Wildman–Crippen LogP) is 0.736. The smallest absolute Gasteiger partial charge is 0.254 e. The largest absolute Gasteiger partial charge is 0.497 e. The number of nitrogens with one attached hydrogen (secondary N) is 1. The predicted molar refractivity (Wildman–Crippen MR) is 101 cm³/mol. The Balaban J connectivity index is 1.49. The van der Waals surface area contributed by atoms with E-state index in [1.165, 1.54) is 12.4 Å². The zero-order valence-corrected chi connectivity index (χ0v) is 15.3. The second-order valence-corrected chi connectivity index (χ2v) is 6.26. The number of hydrogen-bond acceptors (Lipinski definition) is 6. The molecule has 3 rings (SSSR count). The number of aromatic nitrogens is 2. The molecule has 1 N–H and O–H groups in total. The summed E-state index contributed by atoms with van der Waals surface area (Å²) < 4.78 is 5.20. The summed E-state index contributed by atoms with van der Waals surface area (Å²) in [6, 6.07) is 7.77. The van der Waals surface area contributed by atoms with Crippen LogP contribution in [0.15, 0.2) is 36.7 Å². The van der Waals surface area contributed by atoms with Crippen molar-refractivity contribution in [3.63, 3.8) is 0 Å². The number of methoxy groups -OCH3 is 1. The van der Waals surface area contributed by atoms with Gasteiger partial charge in [-0.25, -0.2) is 9.97 Å². The molecule has 1 aromatic carbocycles. The molecule has 1 aliphatic heterocycles. The van der Waals surface area contributed by atoms with Crippen LogP contribution in [0.25, 0.3) is 0 Å². The van der Waals surface area contributed by atoms with Crippen LogP contribution in [0, 0.1) is 0 Å². The van der Waals surface area contributed by atoms with E-state index in [9.17, 15) is 9.59 Å². The highest BCUT2D eigenvalue weighted by Crippen LogP contribution is 2.13. The lowest BCUT2D eigenvalue weighted by molar-refractivity contribution is -0.118. The lowest BCUT2D eigenvalue weighted by Gasteiger charge is -2.32. The Morgan fingerprint density at radius 2 is 1.96 bits per heavy atom. The first-order chi connectivity index (χ1) is 13.2. The Morgan fingerprint density at radius 3 is 2.63 bits per heavy atom. The Labute approximate surface area is 158 Å². The summed E-state index contributed by atoms with van der Waals surface area (Å²) in [5, 5.41) is 2.88. The molecule has 2 heterocycles. The lowest BCUT2D eigenvalue weighted by atomic mass is 10.1. The van der Waals surface area contributed by atoms with Crippen molar-refractivity contribution in [3.05, 3.63) is 47.8 Å². The summed E-state index contributed by atoms with van der Waals surface area (Å²) in [7, 11) is 1.63. The third-order valence-corrected chi connectivity index (χ3v) is 4.48. The number of piperazine rings is 1. The quantitative estimate of drug-likeness (QED) is 0.724. The van der Waals surface area contributed by atoms with Gasteiger partial charge in [0.05, 0.1) is 12.7 Å². The molecule has 2 amide bonds. The second-order valence-electron chi connectivity index (χ2n) is 6.26. The van der Waals surface area contributed by atoms with Crippen LogP contribution in [0.3, 0.4) is 0 Å². The highest BCUT2D eigenvalue weighted by Gasteiger charge is 2.18.